The monoisotopic (exact) mass is 541 g/mol. The van der Waals surface area contributed by atoms with Crippen LogP contribution in [0.25, 0.3) is 0 Å². The Balaban J connectivity index is 2.22. The lowest BCUT2D eigenvalue weighted by atomic mass is 10.3. The van der Waals surface area contributed by atoms with E-state index in [0.717, 1.165) is 0 Å². The van der Waals surface area contributed by atoms with Crippen LogP contribution >= 0.6 is 57.4 Å². The predicted molar refractivity (Wildman–Crippen MR) is 113 cm³/mol. The number of carbonyl (C=O) groups excluding carboxylic acids is 2. The van der Waals surface area contributed by atoms with Crippen molar-refractivity contribution in [3.63, 3.8) is 0 Å². The molecule has 0 radical (unpaired) electrons. The average molecular weight is 543 g/mol. The molecule has 2 aromatic rings. The number of azo groups is 1. The summed E-state index contributed by atoms with van der Waals surface area (Å²) in [7, 11) is 0. The van der Waals surface area contributed by atoms with Crippen LogP contribution in [-0.4, -0.2) is 25.4 Å². The first-order chi connectivity index (χ1) is 12.7. The Morgan fingerprint density at radius 1 is 1.07 bits per heavy atom. The van der Waals surface area contributed by atoms with Gasteiger partial charge in [-0.3, -0.25) is 10.1 Å². The van der Waals surface area contributed by atoms with Gasteiger partial charge in [-0.15, -0.1) is 5.11 Å². The number of alkyl halides is 3. The maximum absolute atomic E-state index is 11.9. The van der Waals surface area contributed by atoms with Gasteiger partial charge in [-0.2, -0.15) is 5.11 Å². The van der Waals surface area contributed by atoms with Crippen LogP contribution in [0, 0.1) is 0 Å². The number of halogens is 4. The van der Waals surface area contributed by atoms with Gasteiger partial charge in [0, 0.05) is 22.6 Å². The van der Waals surface area contributed by atoms with E-state index in [1.165, 1.54) is 12.1 Å². The van der Waals surface area contributed by atoms with Crippen molar-refractivity contribution in [2.45, 2.75) is 3.79 Å². The summed E-state index contributed by atoms with van der Waals surface area (Å²) in [5.41, 5.74) is 0.836. The first-order valence-electron chi connectivity index (χ1n) is 7.18. The Hall–Kier alpha value is -1.69. The van der Waals surface area contributed by atoms with E-state index in [9.17, 15) is 9.59 Å². The van der Waals surface area contributed by atoms with Crippen molar-refractivity contribution in [1.29, 1.82) is 0 Å². The second kappa shape index (κ2) is 10.0. The molecule has 142 valence electrons. The van der Waals surface area contributed by atoms with Gasteiger partial charge < -0.3 is 10.1 Å². The zero-order valence-corrected chi connectivity index (χ0v) is 17.8. The maximum atomic E-state index is 11.9. The van der Waals surface area contributed by atoms with E-state index in [2.05, 4.69) is 25.8 Å². The maximum Gasteiger partial charge on any atom is 0.413 e. The second-order valence-electron chi connectivity index (χ2n) is 4.81. The Labute approximate surface area is 182 Å². The van der Waals surface area contributed by atoms with Gasteiger partial charge in [0.2, 0.25) is 3.79 Å². The highest BCUT2D eigenvalue weighted by molar-refractivity contribution is 14.1. The van der Waals surface area contributed by atoms with E-state index in [0.29, 0.717) is 5.69 Å². The number of benzene rings is 1. The van der Waals surface area contributed by atoms with Crippen LogP contribution in [0.15, 0.2) is 52.7 Å². The summed E-state index contributed by atoms with van der Waals surface area (Å²) in [5.74, 6) is 0.205. The quantitative estimate of drug-likeness (QED) is 0.150. The van der Waals surface area contributed by atoms with E-state index in [1.807, 2.05) is 6.07 Å². The van der Waals surface area contributed by atoms with E-state index in [-0.39, 0.29) is 21.2 Å². The molecule has 0 bridgehead atoms. The van der Waals surface area contributed by atoms with Crippen LogP contribution in [-0.2, 0) is 4.74 Å². The molecule has 1 heterocycles. The van der Waals surface area contributed by atoms with E-state index in [1.54, 1.807) is 46.9 Å². The number of hydrogen-bond donors (Lipinski definition) is 2. The van der Waals surface area contributed by atoms with Gasteiger partial charge in [-0.05, 0) is 24.3 Å². The smallest absolute Gasteiger partial charge is 0.413 e. The Morgan fingerprint density at radius 2 is 1.78 bits per heavy atom. The molecule has 0 fully saturated rings. The molecule has 2 N–H and O–H groups in total. The molecule has 1 aromatic heterocycles. The number of rotatable bonds is 5. The zero-order chi connectivity index (χ0) is 19.9. The molecule has 1 aromatic carbocycles. The van der Waals surface area contributed by atoms with Crippen molar-refractivity contribution in [2.75, 3.05) is 17.2 Å². The molecule has 2 rings (SSSR count). The normalized spacial score (nSPS) is 11.3. The molecule has 8 nitrogen and oxygen atoms in total. The fourth-order valence-electron chi connectivity index (χ4n) is 1.68. The number of carbonyl (C=O) groups is 2. The van der Waals surface area contributed by atoms with Crippen molar-refractivity contribution in [1.82, 2.24) is 4.98 Å². The van der Waals surface area contributed by atoms with E-state index in [4.69, 9.17) is 39.5 Å². The van der Waals surface area contributed by atoms with E-state index < -0.39 is 16.5 Å². The van der Waals surface area contributed by atoms with Gasteiger partial charge in [0.1, 0.15) is 18.1 Å². The Kier molecular flexibility index (Phi) is 8.02. The number of hydrogen-bond acceptors (Lipinski definition) is 6. The molecule has 0 saturated heterocycles. The van der Waals surface area contributed by atoms with Crippen LogP contribution in [0.3, 0.4) is 0 Å². The number of ether oxygens (including phenoxy) is 1. The Morgan fingerprint density at radius 3 is 2.41 bits per heavy atom. The lowest BCUT2D eigenvalue weighted by molar-refractivity contribution is 0.164. The van der Waals surface area contributed by atoms with Crippen LogP contribution in [0.4, 0.5) is 32.6 Å². The third-order valence-corrected chi connectivity index (χ3v) is 3.31. The topological polar surface area (TPSA) is 105 Å². The summed E-state index contributed by atoms with van der Waals surface area (Å²) in [6.45, 7) is -0.464. The number of anilines is 2. The van der Waals surface area contributed by atoms with Gasteiger partial charge in [0.25, 0.3) is 3.91 Å². The molecule has 0 aliphatic heterocycles. The summed E-state index contributed by atoms with van der Waals surface area (Å²) in [6.07, 6.45) is -0.914. The first-order valence-corrected chi connectivity index (χ1v) is 9.39. The molecule has 2 amide bonds. The molecule has 0 spiro atoms. The minimum absolute atomic E-state index is 0.00616. The highest BCUT2D eigenvalue weighted by Gasteiger charge is 2.22. The minimum atomic E-state index is -1.75. The average Bonchev–Trinajstić information content (AvgIpc) is 2.59. The molecular formula is C15H11Cl3IN5O3. The predicted octanol–water partition coefficient (Wildman–Crippen LogP) is 6.38. The standard InChI is InChI=1S/C15H11Cl3IN5O3/c16-15(17,18)8-27-14(26)22-12-10(6-7-11(20-12)21-13(19)25)24-23-9-4-2-1-3-5-9/h1-7H,8H2,(H2,20,21,22,25,26). The molecule has 27 heavy (non-hydrogen) atoms. The zero-order valence-electron chi connectivity index (χ0n) is 13.3. The van der Waals surface area contributed by atoms with Crippen LogP contribution in [0.5, 0.6) is 0 Å². The molecule has 0 atom stereocenters. The number of nitrogens with zero attached hydrogens (tertiary/aromatic N) is 3. The summed E-state index contributed by atoms with van der Waals surface area (Å²) in [5, 5.41) is 13.0. The highest BCUT2D eigenvalue weighted by Crippen LogP contribution is 2.29. The summed E-state index contributed by atoms with van der Waals surface area (Å²) in [6, 6.07) is 12.0. The fraction of sp³-hybridized carbons (Fsp3) is 0.133. The fourth-order valence-corrected chi connectivity index (χ4v) is 2.12. The van der Waals surface area contributed by atoms with Gasteiger partial charge >= 0.3 is 6.09 Å². The van der Waals surface area contributed by atoms with Crippen molar-refractivity contribution in [3.8, 4) is 0 Å². The van der Waals surface area contributed by atoms with Gasteiger partial charge in [0.05, 0.1) is 5.69 Å². The SMILES string of the molecule is O=C(I)Nc1ccc(N=Nc2ccccc2)c(NC(=O)OCC(Cl)(Cl)Cl)n1. The highest BCUT2D eigenvalue weighted by atomic mass is 127. The van der Waals surface area contributed by atoms with Crippen LogP contribution < -0.4 is 10.6 Å². The molecular weight excluding hydrogens is 531 g/mol. The number of nitrogens with one attached hydrogen (secondary N) is 2. The molecule has 0 aliphatic carbocycles. The Bertz CT molecular complexity index is 846. The summed E-state index contributed by atoms with van der Waals surface area (Å²) >= 11 is 18.2. The van der Waals surface area contributed by atoms with Gasteiger partial charge in [0.15, 0.2) is 5.82 Å². The lowest BCUT2D eigenvalue weighted by Gasteiger charge is -2.13. The third-order valence-electron chi connectivity index (χ3n) is 2.72. The minimum Gasteiger partial charge on any atom is -0.445 e. The molecule has 0 aliphatic rings. The largest absolute Gasteiger partial charge is 0.445 e. The molecule has 0 unspecified atom stereocenters. The third kappa shape index (κ3) is 8.24. The number of pyridine rings is 1. The van der Waals surface area contributed by atoms with Crippen LogP contribution in [0.2, 0.25) is 0 Å². The molecule has 0 saturated carbocycles. The van der Waals surface area contributed by atoms with Gasteiger partial charge in [-0.1, -0.05) is 53.0 Å². The lowest BCUT2D eigenvalue weighted by Crippen LogP contribution is -2.21. The second-order valence-corrected chi connectivity index (χ2v) is 8.31. The molecule has 12 heteroatoms. The summed E-state index contributed by atoms with van der Waals surface area (Å²) < 4.78 is 2.69. The van der Waals surface area contributed by atoms with Crippen molar-refractivity contribution in [3.05, 3.63) is 42.5 Å². The first kappa shape index (κ1) is 21.6. The van der Waals surface area contributed by atoms with Crippen molar-refractivity contribution >= 4 is 90.4 Å². The van der Waals surface area contributed by atoms with Crippen LogP contribution in [0.1, 0.15) is 0 Å². The van der Waals surface area contributed by atoms with Crippen molar-refractivity contribution < 1.29 is 14.3 Å². The number of aromatic nitrogens is 1. The van der Waals surface area contributed by atoms with Crippen molar-refractivity contribution in [2.24, 2.45) is 10.2 Å². The van der Waals surface area contributed by atoms with Gasteiger partial charge in [-0.25, -0.2) is 9.78 Å². The summed E-state index contributed by atoms with van der Waals surface area (Å²) in [4.78, 5) is 27.2. The van der Waals surface area contributed by atoms with E-state index >= 15 is 0 Å². The number of amides is 2.